The maximum absolute atomic E-state index is 13.9. The van der Waals surface area contributed by atoms with Crippen molar-refractivity contribution in [2.75, 3.05) is 26.3 Å². The topological polar surface area (TPSA) is 40.5 Å². The fraction of sp³-hybridized carbons (Fsp3) is 0.276. The van der Waals surface area contributed by atoms with E-state index in [9.17, 15) is 18.7 Å². The second-order valence-electron chi connectivity index (χ2n) is 9.46. The predicted molar refractivity (Wildman–Crippen MR) is 138 cm³/mol. The van der Waals surface area contributed by atoms with Gasteiger partial charge < -0.3 is 10.0 Å². The number of ketones is 1. The van der Waals surface area contributed by atoms with Gasteiger partial charge in [0.05, 0.1) is 11.6 Å². The average Bonchev–Trinajstić information content (AvgIpc) is 3.16. The maximum atomic E-state index is 13.9. The first-order chi connectivity index (χ1) is 16.8. The van der Waals surface area contributed by atoms with Gasteiger partial charge in [0.1, 0.15) is 11.6 Å². The van der Waals surface area contributed by atoms with E-state index < -0.39 is 0 Å². The van der Waals surface area contributed by atoms with Crippen LogP contribution >= 0.6 is 11.3 Å². The highest BCUT2D eigenvalue weighted by atomic mass is 32.1. The van der Waals surface area contributed by atoms with E-state index in [-0.39, 0.29) is 29.9 Å². The Morgan fingerprint density at radius 2 is 1.74 bits per heavy atom. The molecule has 0 bridgehead atoms. The van der Waals surface area contributed by atoms with Crippen LogP contribution in [0, 0.1) is 25.6 Å². The molecule has 1 fully saturated rings. The van der Waals surface area contributed by atoms with E-state index in [1.54, 1.807) is 26.0 Å². The van der Waals surface area contributed by atoms with E-state index >= 15 is 0 Å². The van der Waals surface area contributed by atoms with Crippen molar-refractivity contribution in [3.8, 4) is 16.9 Å². The lowest BCUT2D eigenvalue weighted by atomic mass is 9.93. The Hall–Kier alpha value is -3.09. The number of likely N-dealkylation sites (tertiary alicyclic amines) is 1. The van der Waals surface area contributed by atoms with Crippen LogP contribution in [-0.4, -0.2) is 42.1 Å². The molecule has 1 aliphatic rings. The maximum Gasteiger partial charge on any atom is 0.204 e. The number of fused-ring (bicyclic) bond motifs is 1. The summed E-state index contributed by atoms with van der Waals surface area (Å²) in [5.41, 5.74) is 4.67. The zero-order chi connectivity index (χ0) is 24.7. The molecule has 0 aliphatic carbocycles. The van der Waals surface area contributed by atoms with Crippen LogP contribution in [0.15, 0.2) is 54.6 Å². The molecule has 0 amide bonds. The molecule has 1 aliphatic heterocycles. The van der Waals surface area contributed by atoms with Crippen LogP contribution in [0.4, 0.5) is 8.78 Å². The highest BCUT2D eigenvalue weighted by Crippen LogP contribution is 2.42. The van der Waals surface area contributed by atoms with E-state index in [1.807, 2.05) is 18.2 Å². The first kappa shape index (κ1) is 23.6. The average molecular weight is 492 g/mol. The Bertz CT molecular complexity index is 1380. The van der Waals surface area contributed by atoms with Gasteiger partial charge in [-0.3, -0.25) is 9.18 Å². The van der Waals surface area contributed by atoms with Gasteiger partial charge in [-0.15, -0.1) is 11.3 Å². The minimum absolute atomic E-state index is 0.139. The van der Waals surface area contributed by atoms with Crippen LogP contribution in [0.3, 0.4) is 0 Å². The number of aromatic hydroxyl groups is 1. The Kier molecular flexibility index (Phi) is 6.43. The summed E-state index contributed by atoms with van der Waals surface area (Å²) in [6.07, 6.45) is 0.886. The fourth-order valence-electron chi connectivity index (χ4n) is 5.00. The third-order valence-corrected chi connectivity index (χ3v) is 7.97. The third kappa shape index (κ3) is 4.60. The monoisotopic (exact) mass is 491 g/mol. The lowest BCUT2D eigenvalue weighted by molar-refractivity contribution is 0.0824. The van der Waals surface area contributed by atoms with Crippen LogP contribution in [0.25, 0.3) is 21.2 Å². The number of alkyl halides is 1. The standard InChI is InChI=1S/C29H27F2NO2S/c1-17-11-22(31)12-18(2)26(17)28(34)29-27(24-8-7-23(33)13-25(24)35-29)21-5-3-19(4-6-21)9-10-32-15-20(14-30)16-32/h3-8,11-13,20,33H,9-10,14-16H2,1-2H3. The number of carbonyl (C=O) groups excluding carboxylic acids is 1. The molecule has 3 nitrogen and oxygen atoms in total. The molecule has 0 atom stereocenters. The SMILES string of the molecule is Cc1cc(F)cc(C)c1C(=O)c1sc2cc(O)ccc2c1-c1ccc(CCN2CC(CF)C2)cc1. The van der Waals surface area contributed by atoms with Gasteiger partial charge in [0, 0.05) is 46.8 Å². The lowest BCUT2D eigenvalue weighted by Gasteiger charge is -2.37. The number of hydrogen-bond acceptors (Lipinski definition) is 4. The summed E-state index contributed by atoms with van der Waals surface area (Å²) in [6, 6.07) is 16.2. The number of hydrogen-bond donors (Lipinski definition) is 1. The zero-order valence-electron chi connectivity index (χ0n) is 19.8. The Morgan fingerprint density at radius 1 is 1.06 bits per heavy atom. The van der Waals surface area contributed by atoms with Gasteiger partial charge in [-0.05, 0) is 72.9 Å². The van der Waals surface area contributed by atoms with E-state index in [1.165, 1.54) is 29.0 Å². The van der Waals surface area contributed by atoms with Crippen LogP contribution in [0.1, 0.15) is 31.9 Å². The number of carbonyl (C=O) groups is 1. The molecule has 0 radical (unpaired) electrons. The Morgan fingerprint density at radius 3 is 2.40 bits per heavy atom. The number of halogens is 2. The Balaban J connectivity index is 1.50. The highest BCUT2D eigenvalue weighted by Gasteiger charge is 2.26. The van der Waals surface area contributed by atoms with Crippen molar-refractivity contribution in [1.29, 1.82) is 0 Å². The molecule has 2 heterocycles. The van der Waals surface area contributed by atoms with Crippen LogP contribution in [0.2, 0.25) is 0 Å². The number of nitrogens with zero attached hydrogens (tertiary/aromatic N) is 1. The van der Waals surface area contributed by atoms with Gasteiger partial charge in [0.15, 0.2) is 0 Å². The molecule has 0 saturated carbocycles. The number of rotatable bonds is 7. The summed E-state index contributed by atoms with van der Waals surface area (Å²) in [4.78, 5) is 16.6. The fourth-order valence-corrected chi connectivity index (χ4v) is 6.20. The molecule has 35 heavy (non-hydrogen) atoms. The van der Waals surface area contributed by atoms with E-state index in [0.717, 1.165) is 47.3 Å². The molecule has 6 heteroatoms. The van der Waals surface area contributed by atoms with Crippen molar-refractivity contribution >= 4 is 27.2 Å². The van der Waals surface area contributed by atoms with Gasteiger partial charge in [-0.2, -0.15) is 0 Å². The number of phenols is 1. The van der Waals surface area contributed by atoms with Gasteiger partial charge in [-0.25, -0.2) is 4.39 Å². The molecular formula is C29H27F2NO2S. The first-order valence-corrected chi connectivity index (χ1v) is 12.6. The van der Waals surface area contributed by atoms with Crippen LogP contribution in [-0.2, 0) is 6.42 Å². The molecule has 1 saturated heterocycles. The first-order valence-electron chi connectivity index (χ1n) is 11.8. The highest BCUT2D eigenvalue weighted by molar-refractivity contribution is 7.21. The van der Waals surface area contributed by atoms with Gasteiger partial charge in [0.25, 0.3) is 0 Å². The van der Waals surface area contributed by atoms with Crippen molar-refractivity contribution in [3.63, 3.8) is 0 Å². The van der Waals surface area contributed by atoms with Crippen molar-refractivity contribution < 1.29 is 18.7 Å². The summed E-state index contributed by atoms with van der Waals surface area (Å²) < 4.78 is 27.4. The normalized spacial score (nSPS) is 14.4. The molecule has 1 aromatic heterocycles. The molecule has 5 rings (SSSR count). The third-order valence-electron chi connectivity index (χ3n) is 6.81. The number of aryl methyl sites for hydroxylation is 2. The summed E-state index contributed by atoms with van der Waals surface area (Å²) in [5, 5.41) is 10.9. The second-order valence-corrected chi connectivity index (χ2v) is 10.5. The van der Waals surface area contributed by atoms with Gasteiger partial charge in [0.2, 0.25) is 5.78 Å². The molecule has 0 spiro atoms. The largest absolute Gasteiger partial charge is 0.508 e. The van der Waals surface area contributed by atoms with Crippen LogP contribution in [0.5, 0.6) is 5.75 Å². The summed E-state index contributed by atoms with van der Waals surface area (Å²) in [7, 11) is 0. The van der Waals surface area contributed by atoms with Crippen molar-refractivity contribution in [2.45, 2.75) is 20.3 Å². The van der Waals surface area contributed by atoms with Gasteiger partial charge >= 0.3 is 0 Å². The van der Waals surface area contributed by atoms with Crippen molar-refractivity contribution in [1.82, 2.24) is 4.90 Å². The van der Waals surface area contributed by atoms with E-state index in [4.69, 9.17) is 0 Å². The minimum Gasteiger partial charge on any atom is -0.508 e. The molecule has 1 N–H and O–H groups in total. The Labute approximate surface area is 207 Å². The molecule has 0 unspecified atom stereocenters. The van der Waals surface area contributed by atoms with Gasteiger partial charge in [-0.1, -0.05) is 24.3 Å². The zero-order valence-corrected chi connectivity index (χ0v) is 20.6. The summed E-state index contributed by atoms with van der Waals surface area (Å²) in [5.74, 6) is -0.158. The smallest absolute Gasteiger partial charge is 0.204 e. The lowest BCUT2D eigenvalue weighted by Crippen LogP contribution is -2.48. The summed E-state index contributed by atoms with van der Waals surface area (Å²) in [6.45, 7) is 5.83. The van der Waals surface area contributed by atoms with Crippen LogP contribution < -0.4 is 0 Å². The molecule has 3 aromatic carbocycles. The molecular weight excluding hydrogens is 464 g/mol. The molecule has 180 valence electrons. The second kappa shape index (κ2) is 9.51. The van der Waals surface area contributed by atoms with Crippen molar-refractivity contribution in [2.24, 2.45) is 5.92 Å². The molecule has 4 aromatic rings. The number of benzene rings is 3. The van der Waals surface area contributed by atoms with Crippen molar-refractivity contribution in [3.05, 3.63) is 87.5 Å². The van der Waals surface area contributed by atoms with E-state index in [2.05, 4.69) is 17.0 Å². The summed E-state index contributed by atoms with van der Waals surface area (Å²) >= 11 is 1.35. The predicted octanol–water partition coefficient (Wildman–Crippen LogP) is 6.70. The minimum atomic E-state index is -0.355. The number of phenolic OH excluding ortho intramolecular Hbond substituents is 1. The quantitative estimate of drug-likeness (QED) is 0.292. The van der Waals surface area contributed by atoms with E-state index in [0.29, 0.717) is 21.6 Å². The number of thiophene rings is 1.